The van der Waals surface area contributed by atoms with Crippen molar-refractivity contribution in [3.05, 3.63) is 110 Å². The molecule has 4 aromatic rings. The highest BCUT2D eigenvalue weighted by Gasteiger charge is 2.49. The summed E-state index contributed by atoms with van der Waals surface area (Å²) in [7, 11) is 0. The van der Waals surface area contributed by atoms with Gasteiger partial charge in [-0.15, -0.1) is 10.2 Å². The third-order valence-corrected chi connectivity index (χ3v) is 8.57. The molecule has 11 heteroatoms. The molecule has 3 aromatic carbocycles. The van der Waals surface area contributed by atoms with E-state index >= 15 is 0 Å². The van der Waals surface area contributed by atoms with Crippen LogP contribution in [0.5, 0.6) is 0 Å². The van der Waals surface area contributed by atoms with Gasteiger partial charge < -0.3 is 5.11 Å². The van der Waals surface area contributed by atoms with E-state index in [-0.39, 0.29) is 21.5 Å². The summed E-state index contributed by atoms with van der Waals surface area (Å²) in [5.74, 6) is -1.40. The van der Waals surface area contributed by atoms with Crippen molar-refractivity contribution in [2.24, 2.45) is 0 Å². The first kappa shape index (κ1) is 25.8. The van der Waals surface area contributed by atoms with Crippen LogP contribution in [0, 0.1) is 0 Å². The number of aliphatic hydroxyl groups is 1. The number of benzene rings is 3. The van der Waals surface area contributed by atoms with E-state index in [1.165, 1.54) is 34.1 Å². The summed E-state index contributed by atoms with van der Waals surface area (Å²) < 4.78 is 0.624. The standard InChI is InChI=1S/C26H16Cl3N3O3S2/c27-16-8-6-15(7-9-16)22(33)20-21(18-11-10-17(28)12-19(18)29)32(24(35)23(20)34)25-30-31-26(37-25)36-13-14-4-2-1-3-5-14/h1-12,21,33H,13H2/b22-20-. The van der Waals surface area contributed by atoms with Crippen LogP contribution in [0.4, 0.5) is 5.13 Å². The average molecular weight is 589 g/mol. The number of carbonyl (C=O) groups is 2. The first-order valence-electron chi connectivity index (χ1n) is 10.9. The summed E-state index contributed by atoms with van der Waals surface area (Å²) in [4.78, 5) is 27.9. The van der Waals surface area contributed by atoms with Crippen LogP contribution in [0.2, 0.25) is 15.1 Å². The monoisotopic (exact) mass is 587 g/mol. The predicted octanol–water partition coefficient (Wildman–Crippen LogP) is 7.42. The number of Topliss-reactive ketones (excluding diaryl/α,β-unsaturated/α-hetero) is 1. The summed E-state index contributed by atoms with van der Waals surface area (Å²) in [6, 6.07) is 19.9. The molecular formula is C26H16Cl3N3O3S2. The number of carbonyl (C=O) groups excluding carboxylic acids is 2. The molecule has 5 rings (SSSR count). The molecule has 37 heavy (non-hydrogen) atoms. The van der Waals surface area contributed by atoms with Crippen LogP contribution in [0.25, 0.3) is 5.76 Å². The number of hydrogen-bond acceptors (Lipinski definition) is 7. The fourth-order valence-corrected chi connectivity index (χ4v) is 6.35. The van der Waals surface area contributed by atoms with Gasteiger partial charge in [0.15, 0.2) is 4.34 Å². The molecule has 6 nitrogen and oxygen atoms in total. The molecule has 0 spiro atoms. The highest BCUT2D eigenvalue weighted by molar-refractivity contribution is 8.00. The Labute approximate surface area is 235 Å². The Hall–Kier alpha value is -2.88. The molecule has 1 fully saturated rings. The molecule has 1 atom stereocenters. The molecule has 1 amide bonds. The fourth-order valence-electron chi connectivity index (χ4n) is 3.89. The zero-order valence-corrected chi connectivity index (χ0v) is 22.7. The van der Waals surface area contributed by atoms with Gasteiger partial charge in [0.1, 0.15) is 5.76 Å². The minimum atomic E-state index is -1.04. The smallest absolute Gasteiger partial charge is 0.301 e. The lowest BCUT2D eigenvalue weighted by molar-refractivity contribution is -0.132. The largest absolute Gasteiger partial charge is 0.507 e. The third-order valence-electron chi connectivity index (χ3n) is 5.63. The Morgan fingerprint density at radius 3 is 2.35 bits per heavy atom. The maximum absolute atomic E-state index is 13.3. The van der Waals surface area contributed by atoms with Crippen LogP contribution in [-0.2, 0) is 15.3 Å². The van der Waals surface area contributed by atoms with Gasteiger partial charge in [-0.3, -0.25) is 14.5 Å². The molecule has 0 saturated carbocycles. The maximum Gasteiger partial charge on any atom is 0.301 e. The number of aromatic nitrogens is 2. The average Bonchev–Trinajstić information content (AvgIpc) is 3.45. The van der Waals surface area contributed by atoms with Crippen molar-refractivity contribution in [3.8, 4) is 0 Å². The molecule has 1 aliphatic heterocycles. The Kier molecular flexibility index (Phi) is 7.55. The first-order chi connectivity index (χ1) is 17.8. The van der Waals surface area contributed by atoms with Gasteiger partial charge in [-0.1, -0.05) is 94.3 Å². The number of rotatable bonds is 6. The van der Waals surface area contributed by atoms with Crippen LogP contribution >= 0.6 is 57.9 Å². The van der Waals surface area contributed by atoms with Crippen molar-refractivity contribution in [2.75, 3.05) is 4.90 Å². The van der Waals surface area contributed by atoms with Crippen LogP contribution in [-0.4, -0.2) is 27.0 Å². The Bertz CT molecular complexity index is 1530. The lowest BCUT2D eigenvalue weighted by Crippen LogP contribution is -2.29. The van der Waals surface area contributed by atoms with Crippen LogP contribution < -0.4 is 4.90 Å². The lowest BCUT2D eigenvalue weighted by Gasteiger charge is -2.23. The van der Waals surface area contributed by atoms with Crippen molar-refractivity contribution < 1.29 is 14.7 Å². The number of nitrogens with zero attached hydrogens (tertiary/aromatic N) is 3. The van der Waals surface area contributed by atoms with Crippen LogP contribution in [0.1, 0.15) is 22.7 Å². The summed E-state index contributed by atoms with van der Waals surface area (Å²) in [5.41, 5.74) is 1.73. The molecule has 0 aliphatic carbocycles. The Balaban J connectivity index is 1.58. The lowest BCUT2D eigenvalue weighted by atomic mass is 9.95. The molecule has 1 aliphatic rings. The Morgan fingerprint density at radius 1 is 0.946 bits per heavy atom. The summed E-state index contributed by atoms with van der Waals surface area (Å²) >= 11 is 21.3. The van der Waals surface area contributed by atoms with E-state index in [2.05, 4.69) is 10.2 Å². The molecule has 1 aromatic heterocycles. The number of halogens is 3. The summed E-state index contributed by atoms with van der Waals surface area (Å²) in [6.07, 6.45) is 0. The quantitative estimate of drug-likeness (QED) is 0.0830. The number of hydrogen-bond donors (Lipinski definition) is 1. The number of ketones is 1. The maximum atomic E-state index is 13.3. The van der Waals surface area contributed by atoms with Gasteiger partial charge in [-0.25, -0.2) is 0 Å². The predicted molar refractivity (Wildman–Crippen MR) is 149 cm³/mol. The highest BCUT2D eigenvalue weighted by atomic mass is 35.5. The van der Waals surface area contributed by atoms with E-state index in [9.17, 15) is 14.7 Å². The van der Waals surface area contributed by atoms with Crippen molar-refractivity contribution in [1.82, 2.24) is 10.2 Å². The molecular weight excluding hydrogens is 573 g/mol. The van der Waals surface area contributed by atoms with Crippen molar-refractivity contribution in [1.29, 1.82) is 0 Å². The van der Waals surface area contributed by atoms with Gasteiger partial charge in [0.25, 0.3) is 5.78 Å². The topological polar surface area (TPSA) is 83.4 Å². The van der Waals surface area contributed by atoms with Gasteiger partial charge in [-0.2, -0.15) is 0 Å². The minimum absolute atomic E-state index is 0.120. The SMILES string of the molecule is O=C1C(=O)N(c2nnc(SCc3ccccc3)s2)C(c2ccc(Cl)cc2Cl)/C1=C(/O)c1ccc(Cl)cc1. The van der Waals surface area contributed by atoms with Gasteiger partial charge in [0.2, 0.25) is 5.13 Å². The molecule has 2 heterocycles. The van der Waals surface area contributed by atoms with Gasteiger partial charge in [0.05, 0.1) is 11.6 Å². The van der Waals surface area contributed by atoms with Crippen molar-refractivity contribution >= 4 is 80.5 Å². The van der Waals surface area contributed by atoms with E-state index in [4.69, 9.17) is 34.8 Å². The third kappa shape index (κ3) is 5.26. The molecule has 0 bridgehead atoms. The second-order valence-corrected chi connectivity index (χ2v) is 11.4. The minimum Gasteiger partial charge on any atom is -0.507 e. The molecule has 1 saturated heterocycles. The fraction of sp³-hybridized carbons (Fsp3) is 0.0769. The van der Waals surface area contributed by atoms with Gasteiger partial charge in [0, 0.05) is 26.4 Å². The Morgan fingerprint density at radius 2 is 1.65 bits per heavy atom. The number of anilines is 1. The van der Waals surface area contributed by atoms with E-state index in [1.54, 1.807) is 36.4 Å². The van der Waals surface area contributed by atoms with Gasteiger partial charge in [-0.05, 0) is 47.5 Å². The van der Waals surface area contributed by atoms with E-state index in [0.717, 1.165) is 5.56 Å². The molecule has 186 valence electrons. The zero-order valence-electron chi connectivity index (χ0n) is 18.8. The van der Waals surface area contributed by atoms with E-state index in [0.29, 0.717) is 31.3 Å². The summed E-state index contributed by atoms with van der Waals surface area (Å²) in [5, 5.41) is 20.9. The number of amides is 1. The van der Waals surface area contributed by atoms with Gasteiger partial charge >= 0.3 is 5.91 Å². The zero-order chi connectivity index (χ0) is 26.1. The highest BCUT2D eigenvalue weighted by Crippen LogP contribution is 2.46. The normalized spacial score (nSPS) is 16.9. The van der Waals surface area contributed by atoms with Crippen LogP contribution in [0.15, 0.2) is 82.7 Å². The molecule has 0 radical (unpaired) electrons. The summed E-state index contributed by atoms with van der Waals surface area (Å²) in [6.45, 7) is 0. The number of thioether (sulfide) groups is 1. The van der Waals surface area contributed by atoms with Crippen molar-refractivity contribution in [3.63, 3.8) is 0 Å². The van der Waals surface area contributed by atoms with Crippen LogP contribution in [0.3, 0.4) is 0 Å². The molecule has 1 unspecified atom stereocenters. The van der Waals surface area contributed by atoms with E-state index in [1.807, 2.05) is 30.3 Å². The van der Waals surface area contributed by atoms with Crippen molar-refractivity contribution in [2.45, 2.75) is 16.1 Å². The van der Waals surface area contributed by atoms with E-state index < -0.39 is 17.7 Å². The molecule has 1 N–H and O–H groups in total. The first-order valence-corrected chi connectivity index (χ1v) is 13.8. The second kappa shape index (κ2) is 10.8. The number of aliphatic hydroxyl groups excluding tert-OH is 1. The second-order valence-electron chi connectivity index (χ2n) is 7.97.